The number of amides is 2. The van der Waals surface area contributed by atoms with E-state index in [2.05, 4.69) is 6.92 Å². The highest BCUT2D eigenvalue weighted by Gasteiger charge is 2.45. The van der Waals surface area contributed by atoms with Crippen LogP contribution in [0.2, 0.25) is 0 Å². The van der Waals surface area contributed by atoms with Crippen LogP contribution in [0.25, 0.3) is 0 Å². The van der Waals surface area contributed by atoms with Gasteiger partial charge in [-0.2, -0.15) is 0 Å². The Labute approximate surface area is 147 Å². The lowest BCUT2D eigenvalue weighted by Gasteiger charge is -2.45. The van der Waals surface area contributed by atoms with Gasteiger partial charge in [-0.1, -0.05) is 58.8 Å². The SMILES string of the molecule is CCCCCCCCCCC(=O)N1CCCCC1(CC)C(=O)NO. The molecule has 5 nitrogen and oxygen atoms in total. The lowest BCUT2D eigenvalue weighted by atomic mass is 9.83. The number of carbonyl (C=O) groups excluding carboxylic acids is 2. The van der Waals surface area contributed by atoms with Crippen molar-refractivity contribution in [3.8, 4) is 0 Å². The van der Waals surface area contributed by atoms with Crippen molar-refractivity contribution < 1.29 is 14.8 Å². The van der Waals surface area contributed by atoms with Crippen molar-refractivity contribution in [1.82, 2.24) is 10.4 Å². The van der Waals surface area contributed by atoms with Gasteiger partial charge in [-0.3, -0.25) is 14.8 Å². The first-order valence-electron chi connectivity index (χ1n) is 9.87. The zero-order valence-electron chi connectivity index (χ0n) is 15.6. The normalized spacial score (nSPS) is 20.9. The molecule has 1 rings (SSSR count). The standard InChI is InChI=1S/C19H36N2O3/c1-3-5-6-7-8-9-10-11-14-17(22)21-16-13-12-15-19(21,4-2)18(23)20-24/h24H,3-16H2,1-2H3,(H,20,23). The van der Waals surface area contributed by atoms with E-state index >= 15 is 0 Å². The van der Waals surface area contributed by atoms with E-state index in [1.165, 1.54) is 38.5 Å². The fourth-order valence-electron chi connectivity index (χ4n) is 3.81. The molecule has 140 valence electrons. The Morgan fingerprint density at radius 1 is 1.00 bits per heavy atom. The molecule has 0 aromatic carbocycles. The molecule has 1 aliphatic rings. The van der Waals surface area contributed by atoms with Crippen LogP contribution in [0, 0.1) is 0 Å². The van der Waals surface area contributed by atoms with Gasteiger partial charge in [0.25, 0.3) is 5.91 Å². The minimum Gasteiger partial charge on any atom is -0.328 e. The van der Waals surface area contributed by atoms with E-state index in [1.807, 2.05) is 6.92 Å². The number of hydrogen-bond acceptors (Lipinski definition) is 3. The van der Waals surface area contributed by atoms with Gasteiger partial charge in [0.1, 0.15) is 5.54 Å². The van der Waals surface area contributed by atoms with Gasteiger partial charge >= 0.3 is 0 Å². The first-order valence-corrected chi connectivity index (χ1v) is 9.87. The fourth-order valence-corrected chi connectivity index (χ4v) is 3.81. The molecule has 0 aromatic heterocycles. The molecule has 5 heteroatoms. The number of unbranched alkanes of at least 4 members (excludes halogenated alkanes) is 7. The molecule has 2 amide bonds. The monoisotopic (exact) mass is 340 g/mol. The van der Waals surface area contributed by atoms with Gasteiger partial charge < -0.3 is 4.90 Å². The lowest BCUT2D eigenvalue weighted by Crippen LogP contribution is -2.62. The average molecular weight is 341 g/mol. The van der Waals surface area contributed by atoms with E-state index in [0.29, 0.717) is 25.8 Å². The van der Waals surface area contributed by atoms with Crippen molar-refractivity contribution in [2.75, 3.05) is 6.54 Å². The fraction of sp³-hybridized carbons (Fsp3) is 0.895. The molecular weight excluding hydrogens is 304 g/mol. The third-order valence-electron chi connectivity index (χ3n) is 5.39. The first-order chi connectivity index (χ1) is 11.6. The molecule has 1 fully saturated rings. The Kier molecular flexibility index (Phi) is 9.99. The Morgan fingerprint density at radius 2 is 1.62 bits per heavy atom. The molecule has 1 heterocycles. The molecule has 2 N–H and O–H groups in total. The van der Waals surface area contributed by atoms with E-state index in [9.17, 15) is 9.59 Å². The van der Waals surface area contributed by atoms with Crippen LogP contribution in [0.15, 0.2) is 0 Å². The highest BCUT2D eigenvalue weighted by Crippen LogP contribution is 2.32. The molecule has 24 heavy (non-hydrogen) atoms. The number of carbonyl (C=O) groups is 2. The molecule has 1 aliphatic heterocycles. The summed E-state index contributed by atoms with van der Waals surface area (Å²) >= 11 is 0. The number of hydroxylamine groups is 1. The molecule has 0 radical (unpaired) electrons. The smallest absolute Gasteiger partial charge is 0.269 e. The predicted molar refractivity (Wildman–Crippen MR) is 95.7 cm³/mol. The van der Waals surface area contributed by atoms with Gasteiger partial charge in [0.15, 0.2) is 0 Å². The second kappa shape index (κ2) is 11.5. The van der Waals surface area contributed by atoms with Crippen molar-refractivity contribution in [2.24, 2.45) is 0 Å². The largest absolute Gasteiger partial charge is 0.328 e. The summed E-state index contributed by atoms with van der Waals surface area (Å²) in [4.78, 5) is 26.5. The Balaban J connectivity index is 2.40. The minimum absolute atomic E-state index is 0.0612. The van der Waals surface area contributed by atoms with Gasteiger partial charge in [-0.15, -0.1) is 0 Å². The van der Waals surface area contributed by atoms with Crippen LogP contribution >= 0.6 is 0 Å². The second-order valence-electron chi connectivity index (χ2n) is 7.05. The summed E-state index contributed by atoms with van der Waals surface area (Å²) in [7, 11) is 0. The highest BCUT2D eigenvalue weighted by molar-refractivity contribution is 5.91. The number of piperidine rings is 1. The second-order valence-corrected chi connectivity index (χ2v) is 7.05. The topological polar surface area (TPSA) is 69.6 Å². The zero-order valence-corrected chi connectivity index (χ0v) is 15.6. The van der Waals surface area contributed by atoms with Gasteiger partial charge in [0, 0.05) is 13.0 Å². The molecule has 0 aliphatic carbocycles. The van der Waals surface area contributed by atoms with Crippen molar-refractivity contribution >= 4 is 11.8 Å². The summed E-state index contributed by atoms with van der Waals surface area (Å²) in [6.07, 6.45) is 13.2. The van der Waals surface area contributed by atoms with Crippen LogP contribution in [0.3, 0.4) is 0 Å². The van der Waals surface area contributed by atoms with Crippen LogP contribution in [0.5, 0.6) is 0 Å². The Bertz CT molecular complexity index is 387. The summed E-state index contributed by atoms with van der Waals surface area (Å²) in [5.41, 5.74) is 0.922. The molecule has 0 saturated carbocycles. The molecule has 1 saturated heterocycles. The van der Waals surface area contributed by atoms with Crippen LogP contribution < -0.4 is 5.48 Å². The van der Waals surface area contributed by atoms with Crippen molar-refractivity contribution in [3.63, 3.8) is 0 Å². The van der Waals surface area contributed by atoms with E-state index in [0.717, 1.165) is 25.7 Å². The quantitative estimate of drug-likeness (QED) is 0.337. The molecule has 1 atom stereocenters. The third kappa shape index (κ3) is 5.76. The van der Waals surface area contributed by atoms with E-state index in [-0.39, 0.29) is 5.91 Å². The third-order valence-corrected chi connectivity index (χ3v) is 5.39. The molecular formula is C19H36N2O3. The zero-order chi connectivity index (χ0) is 17.8. The summed E-state index contributed by atoms with van der Waals surface area (Å²) in [6, 6.07) is 0. The van der Waals surface area contributed by atoms with Gasteiger partial charge in [0.05, 0.1) is 0 Å². The molecule has 0 bridgehead atoms. The van der Waals surface area contributed by atoms with Gasteiger partial charge in [0.2, 0.25) is 5.91 Å². The summed E-state index contributed by atoms with van der Waals surface area (Å²) in [5, 5.41) is 9.08. The Hall–Kier alpha value is -1.10. The summed E-state index contributed by atoms with van der Waals surface area (Å²) in [5.74, 6) is -0.375. The molecule has 0 spiro atoms. The summed E-state index contributed by atoms with van der Waals surface area (Å²) < 4.78 is 0. The number of rotatable bonds is 11. The number of likely N-dealkylation sites (tertiary alicyclic amines) is 1. The maximum atomic E-state index is 12.6. The maximum Gasteiger partial charge on any atom is 0.269 e. The number of nitrogens with one attached hydrogen (secondary N) is 1. The van der Waals surface area contributed by atoms with Crippen LogP contribution in [0.4, 0.5) is 0 Å². The molecule has 0 aromatic rings. The van der Waals surface area contributed by atoms with E-state index < -0.39 is 11.4 Å². The average Bonchev–Trinajstić information content (AvgIpc) is 2.62. The Morgan fingerprint density at radius 3 is 2.21 bits per heavy atom. The van der Waals surface area contributed by atoms with Gasteiger partial charge in [-0.25, -0.2) is 5.48 Å². The van der Waals surface area contributed by atoms with Crippen molar-refractivity contribution in [2.45, 2.75) is 103 Å². The highest BCUT2D eigenvalue weighted by atomic mass is 16.5. The van der Waals surface area contributed by atoms with Crippen LogP contribution in [-0.2, 0) is 9.59 Å². The maximum absolute atomic E-state index is 12.6. The van der Waals surface area contributed by atoms with Crippen LogP contribution in [-0.4, -0.2) is 34.0 Å². The van der Waals surface area contributed by atoms with E-state index in [4.69, 9.17) is 5.21 Å². The molecule has 1 unspecified atom stereocenters. The van der Waals surface area contributed by atoms with Crippen molar-refractivity contribution in [3.05, 3.63) is 0 Å². The first kappa shape index (κ1) is 20.9. The van der Waals surface area contributed by atoms with Crippen LogP contribution in [0.1, 0.15) is 97.3 Å². The van der Waals surface area contributed by atoms with E-state index in [1.54, 1.807) is 10.4 Å². The summed E-state index contributed by atoms with van der Waals surface area (Å²) in [6.45, 7) is 4.76. The number of hydrogen-bond donors (Lipinski definition) is 2. The van der Waals surface area contributed by atoms with Gasteiger partial charge in [-0.05, 0) is 32.1 Å². The predicted octanol–water partition coefficient (Wildman–Crippen LogP) is 4.18. The van der Waals surface area contributed by atoms with Crippen molar-refractivity contribution in [1.29, 1.82) is 0 Å². The minimum atomic E-state index is -0.857. The lowest BCUT2D eigenvalue weighted by molar-refractivity contribution is -0.156. The number of nitrogens with zero attached hydrogens (tertiary/aromatic N) is 1.